The Bertz CT molecular complexity index is 1450. The summed E-state index contributed by atoms with van der Waals surface area (Å²) in [6, 6.07) is 14.8. The van der Waals surface area contributed by atoms with Crippen LogP contribution < -0.4 is 5.73 Å². The van der Waals surface area contributed by atoms with Crippen molar-refractivity contribution < 1.29 is 13.9 Å². The van der Waals surface area contributed by atoms with Gasteiger partial charge in [-0.3, -0.25) is 4.79 Å². The number of benzene rings is 2. The Hall–Kier alpha value is -3.85. The van der Waals surface area contributed by atoms with E-state index in [0.717, 1.165) is 34.0 Å². The number of aromatic nitrogens is 1. The van der Waals surface area contributed by atoms with E-state index in [-0.39, 0.29) is 28.5 Å². The third-order valence-electron chi connectivity index (χ3n) is 7.05. The number of aryl methyl sites for hydroxylation is 1. The molecule has 0 fully saturated rings. The van der Waals surface area contributed by atoms with E-state index in [1.807, 2.05) is 32.2 Å². The topological polar surface area (TPSA) is 81.0 Å². The van der Waals surface area contributed by atoms with Crippen LogP contribution >= 0.6 is 0 Å². The first-order chi connectivity index (χ1) is 16.7. The Balaban J connectivity index is 1.74. The molecule has 1 unspecified atom stereocenters. The standard InChI is InChI=1S/C29H28FN3O2/c1-4-18-6-5-7-20-22(16-33(27(18)20)15-17-8-10-19(30)11-9-17)25-21(14-31)28(32)35-24-13-29(2,3)12-23(34)26(24)25/h5-11,16,25H,4,12-13,15,32H2,1-3H3. The zero-order valence-corrected chi connectivity index (χ0v) is 20.2. The normalized spacial score (nSPS) is 19.5. The first-order valence-corrected chi connectivity index (χ1v) is 11.9. The van der Waals surface area contributed by atoms with Gasteiger partial charge in [0.05, 0.1) is 11.4 Å². The molecule has 1 aliphatic heterocycles. The molecule has 6 heteroatoms. The number of nitriles is 1. The van der Waals surface area contributed by atoms with Gasteiger partial charge < -0.3 is 15.0 Å². The van der Waals surface area contributed by atoms with Crippen molar-refractivity contribution in [3.8, 4) is 6.07 Å². The predicted octanol–water partition coefficient (Wildman–Crippen LogP) is 5.84. The van der Waals surface area contributed by atoms with Gasteiger partial charge >= 0.3 is 0 Å². The number of para-hydroxylation sites is 1. The van der Waals surface area contributed by atoms with Crippen LogP contribution in [0.3, 0.4) is 0 Å². The van der Waals surface area contributed by atoms with E-state index >= 15 is 0 Å². The molecule has 1 atom stereocenters. The molecule has 2 aromatic carbocycles. The van der Waals surface area contributed by atoms with E-state index in [1.54, 1.807) is 12.1 Å². The lowest BCUT2D eigenvalue weighted by Gasteiger charge is -2.37. The van der Waals surface area contributed by atoms with Crippen molar-refractivity contribution >= 4 is 16.7 Å². The highest BCUT2D eigenvalue weighted by Crippen LogP contribution is 2.49. The number of Topliss-reactive ketones (excluding diaryl/α,β-unsaturated/α-hetero) is 1. The molecule has 3 aromatic rings. The fourth-order valence-electron chi connectivity index (χ4n) is 5.49. The van der Waals surface area contributed by atoms with Crippen LogP contribution in [0.1, 0.15) is 56.2 Å². The molecule has 0 bridgehead atoms. The summed E-state index contributed by atoms with van der Waals surface area (Å²) in [5, 5.41) is 11.0. The molecule has 2 N–H and O–H groups in total. The maximum atomic E-state index is 13.5. The van der Waals surface area contributed by atoms with Crippen molar-refractivity contribution in [3.63, 3.8) is 0 Å². The van der Waals surface area contributed by atoms with Gasteiger partial charge in [0.15, 0.2) is 5.78 Å². The number of hydrogen-bond donors (Lipinski definition) is 1. The van der Waals surface area contributed by atoms with Gasteiger partial charge in [0.25, 0.3) is 0 Å². The van der Waals surface area contributed by atoms with Crippen molar-refractivity contribution in [1.82, 2.24) is 4.57 Å². The Labute approximate surface area is 204 Å². The van der Waals surface area contributed by atoms with Gasteiger partial charge in [0.1, 0.15) is 23.2 Å². The number of ketones is 1. The van der Waals surface area contributed by atoms with Crippen LogP contribution in [0.2, 0.25) is 0 Å². The summed E-state index contributed by atoms with van der Waals surface area (Å²) in [7, 11) is 0. The van der Waals surface area contributed by atoms with Crippen molar-refractivity contribution in [2.24, 2.45) is 11.1 Å². The lowest BCUT2D eigenvalue weighted by molar-refractivity contribution is -0.119. The molecule has 2 heterocycles. The third kappa shape index (κ3) is 3.91. The first kappa shape index (κ1) is 22.9. The summed E-state index contributed by atoms with van der Waals surface area (Å²) in [6.07, 6.45) is 3.81. The van der Waals surface area contributed by atoms with Gasteiger partial charge in [0, 0.05) is 36.5 Å². The average molecular weight is 470 g/mol. The summed E-state index contributed by atoms with van der Waals surface area (Å²) in [6.45, 7) is 6.71. The van der Waals surface area contributed by atoms with E-state index in [1.165, 1.54) is 12.1 Å². The predicted molar refractivity (Wildman–Crippen MR) is 133 cm³/mol. The molecule has 5 nitrogen and oxygen atoms in total. The van der Waals surface area contributed by atoms with Crippen LogP contribution in [0, 0.1) is 22.6 Å². The number of allylic oxidation sites excluding steroid dienone is 3. The number of nitrogens with zero attached hydrogens (tertiary/aromatic N) is 2. The zero-order chi connectivity index (χ0) is 24.9. The average Bonchev–Trinajstić information content (AvgIpc) is 3.17. The van der Waals surface area contributed by atoms with Gasteiger partial charge in [-0.15, -0.1) is 0 Å². The fourth-order valence-corrected chi connectivity index (χ4v) is 5.49. The van der Waals surface area contributed by atoms with E-state index in [0.29, 0.717) is 30.7 Å². The molecule has 1 aliphatic carbocycles. The molecular formula is C29H28FN3O2. The fraction of sp³-hybridized carbons (Fsp3) is 0.310. The first-order valence-electron chi connectivity index (χ1n) is 11.9. The molecule has 1 aromatic heterocycles. The zero-order valence-electron chi connectivity index (χ0n) is 20.2. The third-order valence-corrected chi connectivity index (χ3v) is 7.05. The maximum Gasteiger partial charge on any atom is 0.205 e. The molecule has 0 saturated carbocycles. The Morgan fingerprint density at radius 3 is 2.63 bits per heavy atom. The summed E-state index contributed by atoms with van der Waals surface area (Å²) in [4.78, 5) is 13.4. The molecule has 0 spiro atoms. The number of carbonyl (C=O) groups is 1. The molecule has 0 saturated heterocycles. The summed E-state index contributed by atoms with van der Waals surface area (Å²) < 4.78 is 21.5. The molecule has 35 heavy (non-hydrogen) atoms. The van der Waals surface area contributed by atoms with Crippen molar-refractivity contribution in [3.05, 3.63) is 94.0 Å². The van der Waals surface area contributed by atoms with Crippen LogP contribution in [-0.2, 0) is 22.5 Å². The highest BCUT2D eigenvalue weighted by atomic mass is 19.1. The smallest absolute Gasteiger partial charge is 0.205 e. The summed E-state index contributed by atoms with van der Waals surface area (Å²) in [5.74, 6) is -0.239. The van der Waals surface area contributed by atoms with Gasteiger partial charge in [-0.25, -0.2) is 4.39 Å². The second kappa shape index (κ2) is 8.42. The molecule has 0 amide bonds. The summed E-state index contributed by atoms with van der Waals surface area (Å²) in [5.41, 5.74) is 10.8. The number of nitrogens with two attached hydrogens (primary N) is 1. The van der Waals surface area contributed by atoms with Gasteiger partial charge in [-0.05, 0) is 40.7 Å². The lowest BCUT2D eigenvalue weighted by Crippen LogP contribution is -2.33. The van der Waals surface area contributed by atoms with E-state index < -0.39 is 5.92 Å². The van der Waals surface area contributed by atoms with E-state index in [4.69, 9.17) is 10.5 Å². The molecule has 0 radical (unpaired) electrons. The minimum absolute atomic E-state index is 0.00687. The highest BCUT2D eigenvalue weighted by molar-refractivity contribution is 6.01. The Kier molecular flexibility index (Phi) is 5.52. The Morgan fingerprint density at radius 2 is 1.94 bits per heavy atom. The van der Waals surface area contributed by atoms with E-state index in [9.17, 15) is 14.4 Å². The van der Waals surface area contributed by atoms with Crippen molar-refractivity contribution in [2.45, 2.75) is 52.5 Å². The lowest BCUT2D eigenvalue weighted by atomic mass is 9.70. The van der Waals surface area contributed by atoms with Gasteiger partial charge in [-0.2, -0.15) is 5.26 Å². The molecule has 2 aliphatic rings. The van der Waals surface area contributed by atoms with Crippen LogP contribution in [-0.4, -0.2) is 10.4 Å². The second-order valence-corrected chi connectivity index (χ2v) is 10.2. The van der Waals surface area contributed by atoms with Crippen LogP contribution in [0.4, 0.5) is 4.39 Å². The number of halogens is 1. The largest absolute Gasteiger partial charge is 0.444 e. The van der Waals surface area contributed by atoms with Crippen molar-refractivity contribution in [2.75, 3.05) is 0 Å². The quantitative estimate of drug-likeness (QED) is 0.520. The number of rotatable bonds is 4. The molecule has 5 rings (SSSR count). The van der Waals surface area contributed by atoms with Gasteiger partial charge in [0.2, 0.25) is 5.88 Å². The number of ether oxygens (including phenoxy) is 1. The van der Waals surface area contributed by atoms with Crippen LogP contribution in [0.15, 0.2) is 71.4 Å². The van der Waals surface area contributed by atoms with Gasteiger partial charge in [-0.1, -0.05) is 51.1 Å². The molecular weight excluding hydrogens is 441 g/mol. The minimum atomic E-state index is -0.587. The second-order valence-electron chi connectivity index (χ2n) is 10.2. The van der Waals surface area contributed by atoms with Crippen LogP contribution in [0.5, 0.6) is 0 Å². The monoisotopic (exact) mass is 469 g/mol. The number of carbonyl (C=O) groups excluding carboxylic acids is 1. The molecule has 178 valence electrons. The number of hydrogen-bond acceptors (Lipinski definition) is 4. The minimum Gasteiger partial charge on any atom is -0.444 e. The summed E-state index contributed by atoms with van der Waals surface area (Å²) >= 11 is 0. The highest BCUT2D eigenvalue weighted by Gasteiger charge is 2.43. The number of fused-ring (bicyclic) bond motifs is 1. The Morgan fingerprint density at radius 1 is 1.20 bits per heavy atom. The van der Waals surface area contributed by atoms with E-state index in [2.05, 4.69) is 23.6 Å². The van der Waals surface area contributed by atoms with Crippen LogP contribution in [0.25, 0.3) is 10.9 Å². The van der Waals surface area contributed by atoms with Crippen molar-refractivity contribution in [1.29, 1.82) is 5.26 Å². The maximum absolute atomic E-state index is 13.5. The SMILES string of the molecule is CCc1cccc2c(C3C(C#N)=C(N)OC4=C3C(=O)CC(C)(C)C4)cn(Cc3ccc(F)cc3)c12.